The summed E-state index contributed by atoms with van der Waals surface area (Å²) in [4.78, 5) is 0. The van der Waals surface area contributed by atoms with Gasteiger partial charge in [-0.15, -0.1) is 0 Å². The summed E-state index contributed by atoms with van der Waals surface area (Å²) >= 11 is 0. The predicted molar refractivity (Wildman–Crippen MR) is 65.6 cm³/mol. The van der Waals surface area contributed by atoms with E-state index in [0.29, 0.717) is 12.2 Å². The summed E-state index contributed by atoms with van der Waals surface area (Å²) in [6, 6.07) is 6.38. The molecular formula is C13H18F3NO. The van der Waals surface area contributed by atoms with Gasteiger partial charge in [0, 0.05) is 18.8 Å². The molecule has 2 nitrogen and oxygen atoms in total. The van der Waals surface area contributed by atoms with E-state index in [4.69, 9.17) is 5.11 Å². The van der Waals surface area contributed by atoms with Gasteiger partial charge in [-0.05, 0) is 37.0 Å². The lowest BCUT2D eigenvalue weighted by Gasteiger charge is -2.10. The quantitative estimate of drug-likeness (QED) is 0.738. The fourth-order valence-corrected chi connectivity index (χ4v) is 1.67. The van der Waals surface area contributed by atoms with Crippen molar-refractivity contribution in [3.05, 3.63) is 29.8 Å². The summed E-state index contributed by atoms with van der Waals surface area (Å²) in [6.07, 6.45) is -2.50. The van der Waals surface area contributed by atoms with Crippen molar-refractivity contribution >= 4 is 5.69 Å². The number of benzene rings is 1. The molecule has 0 amide bonds. The molecule has 5 heteroatoms. The maximum atomic E-state index is 12.2. The average molecular weight is 261 g/mol. The summed E-state index contributed by atoms with van der Waals surface area (Å²) in [6.45, 7) is 0.885. The number of halogens is 3. The van der Waals surface area contributed by atoms with Gasteiger partial charge in [-0.1, -0.05) is 12.1 Å². The van der Waals surface area contributed by atoms with Crippen LogP contribution in [0, 0.1) is 0 Å². The Balaban J connectivity index is 2.40. The van der Waals surface area contributed by atoms with Crippen molar-refractivity contribution < 1.29 is 18.3 Å². The zero-order valence-corrected chi connectivity index (χ0v) is 10.1. The third kappa shape index (κ3) is 6.49. The molecule has 1 aromatic rings. The number of nitrogens with one attached hydrogen (secondary N) is 1. The van der Waals surface area contributed by atoms with Crippen molar-refractivity contribution in [2.24, 2.45) is 0 Å². The van der Waals surface area contributed by atoms with Gasteiger partial charge < -0.3 is 10.4 Å². The second kappa shape index (κ2) is 7.26. The number of unbranched alkanes of at least 4 members (excludes halogenated alkanes) is 2. The van der Waals surface area contributed by atoms with Crippen LogP contribution in [0.15, 0.2) is 24.3 Å². The topological polar surface area (TPSA) is 32.3 Å². The summed E-state index contributed by atoms with van der Waals surface area (Å²) in [5.41, 5.74) is 0.976. The minimum atomic E-state index is -4.17. The highest BCUT2D eigenvalue weighted by molar-refractivity contribution is 5.45. The molecule has 0 aliphatic carbocycles. The molecular weight excluding hydrogens is 243 g/mol. The van der Waals surface area contributed by atoms with Crippen LogP contribution in [0.3, 0.4) is 0 Å². The third-order valence-corrected chi connectivity index (χ3v) is 2.50. The molecule has 0 radical (unpaired) electrons. The lowest BCUT2D eigenvalue weighted by molar-refractivity contribution is -0.127. The smallest absolute Gasteiger partial charge is 0.393 e. The maximum Gasteiger partial charge on any atom is 0.393 e. The number of anilines is 1. The van der Waals surface area contributed by atoms with E-state index in [1.54, 1.807) is 12.1 Å². The molecule has 0 aliphatic rings. The lowest BCUT2D eigenvalue weighted by Crippen LogP contribution is -2.11. The Bertz CT molecular complexity index is 352. The van der Waals surface area contributed by atoms with Crippen LogP contribution in [0.1, 0.15) is 24.8 Å². The lowest BCUT2D eigenvalue weighted by atomic mass is 10.1. The number of hydrogen-bond acceptors (Lipinski definition) is 2. The Hall–Kier alpha value is -1.23. The summed E-state index contributed by atoms with van der Waals surface area (Å²) in [7, 11) is 0. The van der Waals surface area contributed by atoms with Crippen molar-refractivity contribution in [1.29, 1.82) is 0 Å². The molecule has 0 saturated carbocycles. The van der Waals surface area contributed by atoms with E-state index in [-0.39, 0.29) is 12.2 Å². The largest absolute Gasteiger partial charge is 0.396 e. The van der Waals surface area contributed by atoms with Gasteiger partial charge in [-0.25, -0.2) is 0 Å². The first-order valence-corrected chi connectivity index (χ1v) is 6.02. The van der Waals surface area contributed by atoms with Gasteiger partial charge in [0.1, 0.15) is 0 Å². The first-order valence-electron chi connectivity index (χ1n) is 6.02. The van der Waals surface area contributed by atoms with Gasteiger partial charge in [-0.2, -0.15) is 13.2 Å². The molecule has 1 aromatic carbocycles. The van der Waals surface area contributed by atoms with Crippen LogP contribution in [-0.2, 0) is 6.42 Å². The van der Waals surface area contributed by atoms with E-state index in [1.807, 2.05) is 0 Å². The molecule has 1 rings (SSSR count). The van der Waals surface area contributed by atoms with Crippen LogP contribution in [0.2, 0.25) is 0 Å². The molecule has 0 heterocycles. The zero-order chi connectivity index (χ0) is 13.4. The monoisotopic (exact) mass is 261 g/mol. The first-order chi connectivity index (χ1) is 8.51. The fraction of sp³-hybridized carbons (Fsp3) is 0.538. The Morgan fingerprint density at radius 2 is 1.89 bits per heavy atom. The number of hydrogen-bond donors (Lipinski definition) is 2. The van der Waals surface area contributed by atoms with Gasteiger partial charge in [-0.3, -0.25) is 0 Å². The van der Waals surface area contributed by atoms with E-state index >= 15 is 0 Å². The fourth-order valence-electron chi connectivity index (χ4n) is 1.67. The third-order valence-electron chi connectivity index (χ3n) is 2.50. The molecule has 0 spiro atoms. The molecule has 0 aliphatic heterocycles. The predicted octanol–water partition coefficient (Wildman–Crippen LogP) is 3.37. The summed E-state index contributed by atoms with van der Waals surface area (Å²) in [5.74, 6) is 0. The van der Waals surface area contributed by atoms with Gasteiger partial charge in [0.15, 0.2) is 0 Å². The summed E-state index contributed by atoms with van der Waals surface area (Å²) in [5, 5.41) is 11.7. The number of aliphatic hydroxyl groups is 1. The van der Waals surface area contributed by atoms with Gasteiger partial charge in [0.2, 0.25) is 0 Å². The van der Waals surface area contributed by atoms with Crippen molar-refractivity contribution in [3.63, 3.8) is 0 Å². The number of aliphatic hydroxyl groups excluding tert-OH is 1. The van der Waals surface area contributed by atoms with Crippen molar-refractivity contribution in [2.45, 2.75) is 31.9 Å². The Morgan fingerprint density at radius 1 is 1.11 bits per heavy atom. The second-order valence-electron chi connectivity index (χ2n) is 4.20. The SMILES string of the molecule is OCCCCCNc1cccc(CC(F)(F)F)c1. The maximum absolute atomic E-state index is 12.2. The Labute approximate surface area is 105 Å². The molecule has 18 heavy (non-hydrogen) atoms. The van der Waals surface area contributed by atoms with Crippen LogP contribution in [-0.4, -0.2) is 24.4 Å². The zero-order valence-electron chi connectivity index (χ0n) is 10.1. The van der Waals surface area contributed by atoms with Crippen molar-refractivity contribution in [2.75, 3.05) is 18.5 Å². The van der Waals surface area contributed by atoms with E-state index in [9.17, 15) is 13.2 Å². The van der Waals surface area contributed by atoms with E-state index in [0.717, 1.165) is 19.3 Å². The van der Waals surface area contributed by atoms with Crippen LogP contribution < -0.4 is 5.32 Å². The molecule has 0 saturated heterocycles. The van der Waals surface area contributed by atoms with E-state index in [1.165, 1.54) is 12.1 Å². The van der Waals surface area contributed by atoms with Crippen molar-refractivity contribution in [1.82, 2.24) is 0 Å². The standard InChI is InChI=1S/C13H18F3NO/c14-13(15,16)10-11-5-4-6-12(9-11)17-7-2-1-3-8-18/h4-6,9,17-18H,1-3,7-8,10H2. The molecule has 0 atom stereocenters. The Morgan fingerprint density at radius 3 is 2.56 bits per heavy atom. The molecule has 2 N–H and O–H groups in total. The Kier molecular flexibility index (Phi) is 5.98. The van der Waals surface area contributed by atoms with Crippen molar-refractivity contribution in [3.8, 4) is 0 Å². The minimum absolute atomic E-state index is 0.182. The molecule has 0 fully saturated rings. The normalized spacial score (nSPS) is 11.6. The minimum Gasteiger partial charge on any atom is -0.396 e. The number of rotatable bonds is 7. The van der Waals surface area contributed by atoms with Crippen LogP contribution in [0.4, 0.5) is 18.9 Å². The van der Waals surface area contributed by atoms with Crippen LogP contribution in [0.25, 0.3) is 0 Å². The highest BCUT2D eigenvalue weighted by Crippen LogP contribution is 2.22. The van der Waals surface area contributed by atoms with Crippen LogP contribution in [0.5, 0.6) is 0 Å². The van der Waals surface area contributed by atoms with Gasteiger partial charge >= 0.3 is 6.18 Å². The second-order valence-corrected chi connectivity index (χ2v) is 4.20. The highest BCUT2D eigenvalue weighted by Gasteiger charge is 2.27. The van der Waals surface area contributed by atoms with E-state index in [2.05, 4.69) is 5.32 Å². The van der Waals surface area contributed by atoms with Gasteiger partial charge in [0.25, 0.3) is 0 Å². The average Bonchev–Trinajstić information content (AvgIpc) is 2.27. The highest BCUT2D eigenvalue weighted by atomic mass is 19.4. The first kappa shape index (κ1) is 14.8. The molecule has 0 unspecified atom stereocenters. The molecule has 0 aromatic heterocycles. The molecule has 102 valence electrons. The van der Waals surface area contributed by atoms with Gasteiger partial charge in [0.05, 0.1) is 6.42 Å². The van der Waals surface area contributed by atoms with Crippen LogP contribution >= 0.6 is 0 Å². The summed E-state index contributed by atoms with van der Waals surface area (Å²) < 4.78 is 36.7. The molecule has 0 bridgehead atoms. The van der Waals surface area contributed by atoms with E-state index < -0.39 is 12.6 Å². The number of alkyl halides is 3.